The molecule has 14 heavy (non-hydrogen) atoms. The summed E-state index contributed by atoms with van der Waals surface area (Å²) in [5.41, 5.74) is 1.90. The van der Waals surface area contributed by atoms with E-state index >= 15 is 0 Å². The van der Waals surface area contributed by atoms with Gasteiger partial charge in [0.15, 0.2) is 0 Å². The van der Waals surface area contributed by atoms with Gasteiger partial charge in [-0.15, -0.1) is 0 Å². The molecule has 0 spiro atoms. The van der Waals surface area contributed by atoms with Gasteiger partial charge >= 0.3 is 5.97 Å². The van der Waals surface area contributed by atoms with Gasteiger partial charge in [0, 0.05) is 11.1 Å². The number of aryl methyl sites for hydroxylation is 1. The number of esters is 1. The van der Waals surface area contributed by atoms with Crippen molar-refractivity contribution in [2.24, 2.45) is 0 Å². The molecule has 1 rings (SSSR count). The molecule has 2 nitrogen and oxygen atoms in total. The van der Waals surface area contributed by atoms with E-state index in [4.69, 9.17) is 11.6 Å². The molecule has 0 heterocycles. The Labute approximate surface area is 88.1 Å². The number of hydrogen-bond acceptors (Lipinski definition) is 2. The maximum atomic E-state index is 10.8. The van der Waals surface area contributed by atoms with Crippen LogP contribution in [-0.4, -0.2) is 13.1 Å². The summed E-state index contributed by atoms with van der Waals surface area (Å²) in [6.07, 6.45) is 3.03. The van der Waals surface area contributed by atoms with Crippen molar-refractivity contribution in [1.82, 2.24) is 0 Å². The van der Waals surface area contributed by atoms with Gasteiger partial charge in [0.25, 0.3) is 0 Å². The fourth-order valence-corrected chi connectivity index (χ4v) is 1.13. The third-order valence-electron chi connectivity index (χ3n) is 1.81. The Hall–Kier alpha value is -1.28. The van der Waals surface area contributed by atoms with Gasteiger partial charge < -0.3 is 4.74 Å². The fourth-order valence-electron chi connectivity index (χ4n) is 0.945. The summed E-state index contributed by atoms with van der Waals surface area (Å²) in [6.45, 7) is 1.93. The Bertz CT molecular complexity index is 370. The van der Waals surface area contributed by atoms with Gasteiger partial charge in [-0.2, -0.15) is 0 Å². The highest BCUT2D eigenvalue weighted by Gasteiger charge is 1.96. The Morgan fingerprint density at radius 2 is 2.21 bits per heavy atom. The molecule has 3 heteroatoms. The van der Waals surface area contributed by atoms with Crippen LogP contribution in [-0.2, 0) is 9.53 Å². The normalized spacial score (nSPS) is 10.5. The summed E-state index contributed by atoms with van der Waals surface area (Å²) in [4.78, 5) is 10.8. The molecular weight excluding hydrogens is 200 g/mol. The number of hydrogen-bond donors (Lipinski definition) is 0. The van der Waals surface area contributed by atoms with Crippen LogP contribution in [0.5, 0.6) is 0 Å². The van der Waals surface area contributed by atoms with Crippen LogP contribution in [0, 0.1) is 6.92 Å². The zero-order valence-electron chi connectivity index (χ0n) is 8.08. The monoisotopic (exact) mass is 210 g/mol. The van der Waals surface area contributed by atoms with E-state index in [9.17, 15) is 4.79 Å². The van der Waals surface area contributed by atoms with E-state index in [1.807, 2.05) is 19.1 Å². The molecule has 0 atom stereocenters. The maximum Gasteiger partial charge on any atom is 0.330 e. The first-order chi connectivity index (χ1) is 6.63. The smallest absolute Gasteiger partial charge is 0.330 e. The van der Waals surface area contributed by atoms with Crippen molar-refractivity contribution in [2.75, 3.05) is 7.11 Å². The summed E-state index contributed by atoms with van der Waals surface area (Å²) in [5.74, 6) is -0.373. The largest absolute Gasteiger partial charge is 0.466 e. The molecule has 74 valence electrons. The van der Waals surface area contributed by atoms with Crippen molar-refractivity contribution in [1.29, 1.82) is 0 Å². The summed E-state index contributed by atoms with van der Waals surface area (Å²) >= 11 is 5.91. The minimum atomic E-state index is -0.373. The molecule has 0 amide bonds. The van der Waals surface area contributed by atoms with Crippen LogP contribution in [0.15, 0.2) is 24.3 Å². The Morgan fingerprint density at radius 3 is 2.79 bits per heavy atom. The lowest BCUT2D eigenvalue weighted by atomic mass is 10.1. The van der Waals surface area contributed by atoms with Gasteiger partial charge in [-0.3, -0.25) is 0 Å². The van der Waals surface area contributed by atoms with E-state index in [1.165, 1.54) is 13.2 Å². The summed E-state index contributed by atoms with van der Waals surface area (Å²) in [5, 5.41) is 0.692. The average molecular weight is 211 g/mol. The predicted octanol–water partition coefficient (Wildman–Crippen LogP) is 2.83. The highest BCUT2D eigenvalue weighted by atomic mass is 35.5. The van der Waals surface area contributed by atoms with E-state index in [2.05, 4.69) is 4.74 Å². The second-order valence-electron chi connectivity index (χ2n) is 2.87. The maximum absolute atomic E-state index is 10.8. The topological polar surface area (TPSA) is 26.3 Å². The number of halogens is 1. The second-order valence-corrected chi connectivity index (χ2v) is 3.27. The van der Waals surface area contributed by atoms with Gasteiger partial charge in [0.2, 0.25) is 0 Å². The van der Waals surface area contributed by atoms with Crippen LogP contribution in [0.4, 0.5) is 0 Å². The number of carbonyl (C=O) groups excluding carboxylic acids is 1. The first-order valence-corrected chi connectivity index (χ1v) is 4.53. The van der Waals surface area contributed by atoms with Gasteiger partial charge in [0.1, 0.15) is 0 Å². The molecule has 0 unspecified atom stereocenters. The molecule has 0 aliphatic heterocycles. The number of benzene rings is 1. The van der Waals surface area contributed by atoms with Gasteiger partial charge in [-0.05, 0) is 30.2 Å². The third kappa shape index (κ3) is 2.89. The van der Waals surface area contributed by atoms with Crippen molar-refractivity contribution >= 4 is 23.6 Å². The van der Waals surface area contributed by atoms with Crippen LogP contribution in [0.1, 0.15) is 11.1 Å². The van der Waals surface area contributed by atoms with Gasteiger partial charge in [0.05, 0.1) is 7.11 Å². The van der Waals surface area contributed by atoms with Crippen LogP contribution >= 0.6 is 11.6 Å². The Balaban J connectivity index is 2.83. The van der Waals surface area contributed by atoms with Crippen molar-refractivity contribution in [2.45, 2.75) is 6.92 Å². The standard InChI is InChI=1S/C11H11ClO2/c1-8-3-4-9(7-10(8)12)5-6-11(13)14-2/h3-7H,1-2H3. The number of rotatable bonds is 2. The van der Waals surface area contributed by atoms with E-state index in [0.717, 1.165) is 11.1 Å². The fraction of sp³-hybridized carbons (Fsp3) is 0.182. The quantitative estimate of drug-likeness (QED) is 0.554. The van der Waals surface area contributed by atoms with Crippen LogP contribution in [0.25, 0.3) is 6.08 Å². The summed E-state index contributed by atoms with van der Waals surface area (Å²) < 4.78 is 4.47. The average Bonchev–Trinajstić information content (AvgIpc) is 2.19. The molecular formula is C11H11ClO2. The molecule has 0 radical (unpaired) electrons. The number of ether oxygens (including phenoxy) is 1. The number of carbonyl (C=O) groups is 1. The lowest BCUT2D eigenvalue weighted by Gasteiger charge is -1.98. The highest BCUT2D eigenvalue weighted by molar-refractivity contribution is 6.31. The van der Waals surface area contributed by atoms with Crippen LogP contribution in [0.3, 0.4) is 0 Å². The molecule has 0 bridgehead atoms. The first-order valence-electron chi connectivity index (χ1n) is 4.15. The van der Waals surface area contributed by atoms with E-state index in [0.29, 0.717) is 5.02 Å². The molecule has 0 saturated heterocycles. The minimum Gasteiger partial charge on any atom is -0.466 e. The molecule has 0 N–H and O–H groups in total. The Morgan fingerprint density at radius 1 is 1.50 bits per heavy atom. The van der Waals surface area contributed by atoms with E-state index in [1.54, 1.807) is 12.1 Å². The van der Waals surface area contributed by atoms with E-state index in [-0.39, 0.29) is 5.97 Å². The van der Waals surface area contributed by atoms with Crippen LogP contribution < -0.4 is 0 Å². The summed E-state index contributed by atoms with van der Waals surface area (Å²) in [7, 11) is 1.34. The second kappa shape index (κ2) is 4.82. The lowest BCUT2D eigenvalue weighted by molar-refractivity contribution is -0.134. The van der Waals surface area contributed by atoms with Crippen molar-refractivity contribution in [3.63, 3.8) is 0 Å². The SMILES string of the molecule is COC(=O)C=Cc1ccc(C)c(Cl)c1. The number of methoxy groups -OCH3 is 1. The molecule has 1 aromatic rings. The molecule has 0 aliphatic carbocycles. The minimum absolute atomic E-state index is 0.373. The molecule has 0 saturated carbocycles. The molecule has 0 aromatic heterocycles. The van der Waals surface area contributed by atoms with Gasteiger partial charge in [-0.25, -0.2) is 4.79 Å². The molecule has 0 fully saturated rings. The molecule has 0 aliphatic rings. The third-order valence-corrected chi connectivity index (χ3v) is 2.22. The van der Waals surface area contributed by atoms with Crippen molar-refractivity contribution in [3.8, 4) is 0 Å². The van der Waals surface area contributed by atoms with Gasteiger partial charge in [-0.1, -0.05) is 23.7 Å². The zero-order chi connectivity index (χ0) is 10.6. The van der Waals surface area contributed by atoms with Crippen LogP contribution in [0.2, 0.25) is 5.02 Å². The van der Waals surface area contributed by atoms with Crippen molar-refractivity contribution < 1.29 is 9.53 Å². The highest BCUT2D eigenvalue weighted by Crippen LogP contribution is 2.17. The van der Waals surface area contributed by atoms with Crippen molar-refractivity contribution in [3.05, 3.63) is 40.4 Å². The lowest BCUT2D eigenvalue weighted by Crippen LogP contribution is -1.93. The summed E-state index contributed by atoms with van der Waals surface area (Å²) in [6, 6.07) is 5.59. The molecule has 1 aromatic carbocycles. The first kappa shape index (κ1) is 10.8. The Kier molecular flexibility index (Phi) is 3.72. The van der Waals surface area contributed by atoms with E-state index < -0.39 is 0 Å². The predicted molar refractivity (Wildman–Crippen MR) is 57.2 cm³/mol. The zero-order valence-corrected chi connectivity index (χ0v) is 8.84.